The first kappa shape index (κ1) is 37.6. The summed E-state index contributed by atoms with van der Waals surface area (Å²) in [5.41, 5.74) is 10.4. The van der Waals surface area contributed by atoms with Crippen LogP contribution in [0.5, 0.6) is 0 Å². The van der Waals surface area contributed by atoms with E-state index in [9.17, 15) is 0 Å². The first-order chi connectivity index (χ1) is 30.1. The number of aromatic nitrogens is 3. The summed E-state index contributed by atoms with van der Waals surface area (Å²) in [5, 5.41) is 5.39. The summed E-state index contributed by atoms with van der Waals surface area (Å²) in [6.07, 6.45) is 0.400. The summed E-state index contributed by atoms with van der Waals surface area (Å²) in [4.78, 5) is 9.73. The molecule has 1 atom stereocenters. The molecule has 5 nitrogen and oxygen atoms in total. The molecule has 0 aliphatic heterocycles. The Morgan fingerprint density at radius 3 is 2.07 bits per heavy atom. The van der Waals surface area contributed by atoms with Crippen LogP contribution in [0.1, 0.15) is 26.7 Å². The molecule has 11 aromatic rings. The number of rotatable bonds is 7. The van der Waals surface area contributed by atoms with Crippen molar-refractivity contribution in [2.24, 2.45) is 0 Å². The van der Waals surface area contributed by atoms with Gasteiger partial charge in [0.2, 0.25) is 0 Å². The van der Waals surface area contributed by atoms with Gasteiger partial charge in [0.25, 0.3) is 0 Å². The van der Waals surface area contributed by atoms with Gasteiger partial charge in [0, 0.05) is 45.2 Å². The third-order valence-electron chi connectivity index (χ3n) is 11.1. The predicted molar refractivity (Wildman–Crippen MR) is 250 cm³/mol. The van der Waals surface area contributed by atoms with Crippen molar-refractivity contribution in [2.45, 2.75) is 38.9 Å². The fraction of sp³-hybridized carbons (Fsp3) is 0.111. The Labute approximate surface area is 372 Å². The molecule has 0 N–H and O–H groups in total. The zero-order valence-electron chi connectivity index (χ0n) is 36.2. The van der Waals surface area contributed by atoms with Crippen LogP contribution in [-0.2, 0) is 26.5 Å². The summed E-state index contributed by atoms with van der Waals surface area (Å²) >= 11 is 0. The molecule has 0 aliphatic rings. The molecule has 4 aromatic heterocycles. The molecule has 4 heterocycles. The van der Waals surface area contributed by atoms with Gasteiger partial charge in [0.1, 0.15) is 11.2 Å². The van der Waals surface area contributed by atoms with Gasteiger partial charge in [0.05, 0.1) is 36.2 Å². The Balaban J connectivity index is 0.000000164. The second-order valence-corrected chi connectivity index (χ2v) is 21.2. The van der Waals surface area contributed by atoms with E-state index in [-0.39, 0.29) is 26.0 Å². The van der Waals surface area contributed by atoms with Gasteiger partial charge < -0.3 is 18.4 Å². The average molecular weight is 988 g/mol. The van der Waals surface area contributed by atoms with Crippen molar-refractivity contribution in [3.05, 3.63) is 193 Å². The molecule has 301 valence electrons. The Morgan fingerprint density at radius 1 is 0.672 bits per heavy atom. The maximum absolute atomic E-state index is 9.04. The quantitative estimate of drug-likeness (QED) is 0.118. The molecular formula is C54H43IrN3O2Si-2. The number of hydrogen-bond donors (Lipinski definition) is 0. The summed E-state index contributed by atoms with van der Waals surface area (Å²) < 4.78 is 33.0. The molecule has 1 radical (unpaired) electrons. The maximum Gasteiger partial charge on any atom is 0.158 e. The van der Waals surface area contributed by atoms with E-state index < -0.39 is 14.4 Å². The minimum absolute atomic E-state index is 0. The third-order valence-corrected chi connectivity index (χ3v) is 13.1. The van der Waals surface area contributed by atoms with E-state index in [0.29, 0.717) is 0 Å². The van der Waals surface area contributed by atoms with Crippen LogP contribution >= 0.6 is 0 Å². The zero-order chi connectivity index (χ0) is 42.6. The van der Waals surface area contributed by atoms with Gasteiger partial charge in [-0.2, -0.15) is 0 Å². The second-order valence-electron chi connectivity index (χ2n) is 16.1. The number of para-hydroxylation sites is 5. The normalized spacial score (nSPS) is 12.9. The number of fused-ring (bicyclic) bond motifs is 7. The molecular weight excluding hydrogens is 943 g/mol. The molecule has 11 rings (SSSR count). The molecule has 0 spiro atoms. The monoisotopic (exact) mass is 988 g/mol. The van der Waals surface area contributed by atoms with Crippen LogP contribution in [0.4, 0.5) is 0 Å². The third kappa shape index (κ3) is 7.55. The summed E-state index contributed by atoms with van der Waals surface area (Å²) in [6, 6.07) is 60.9. The van der Waals surface area contributed by atoms with Crippen LogP contribution in [0.15, 0.2) is 179 Å². The van der Waals surface area contributed by atoms with E-state index in [1.54, 1.807) is 0 Å². The van der Waals surface area contributed by atoms with Crippen molar-refractivity contribution in [3.63, 3.8) is 0 Å². The molecule has 0 saturated carbocycles. The van der Waals surface area contributed by atoms with Gasteiger partial charge in [-0.05, 0) is 59.1 Å². The molecule has 0 fully saturated rings. The first-order valence-electron chi connectivity index (χ1n) is 21.3. The minimum atomic E-state index is -1.77. The average Bonchev–Trinajstić information content (AvgIpc) is 4.01. The molecule has 1 unspecified atom stereocenters. The standard InChI is InChI=1S/C31H17N2O2.C23H26NSi.Ir/c1-5-17-27-19(9-1)21-11-7-13-23(29(21)34-27)31-32-24-14-3-4-15-25(24)33(31)26-16-8-12-22-20-10-2-6-18-28(20)35-30(22)26;1-18(19-11-7-5-8-12-19)15-21-16-22(20-13-9-6-10-14-20)24-17-23(21)25(2,3)4;/h1-12,14-18H;5-13,16-18H,15H2,1-4H3;/q2*-1;/i;15D2;. The fourth-order valence-corrected chi connectivity index (χ4v) is 9.54. The smallest absolute Gasteiger partial charge is 0.158 e. The van der Waals surface area contributed by atoms with E-state index in [1.165, 1.54) is 0 Å². The van der Waals surface area contributed by atoms with Gasteiger partial charge in [-0.15, -0.1) is 54.1 Å². The van der Waals surface area contributed by atoms with Crippen LogP contribution < -0.4 is 5.19 Å². The van der Waals surface area contributed by atoms with Crippen molar-refractivity contribution in [1.82, 2.24) is 14.5 Å². The Kier molecular flexibility index (Phi) is 10.2. The molecule has 0 saturated heterocycles. The van der Waals surface area contributed by atoms with Gasteiger partial charge in [-0.3, -0.25) is 4.98 Å². The largest absolute Gasteiger partial charge is 0.501 e. The van der Waals surface area contributed by atoms with E-state index in [2.05, 4.69) is 83.8 Å². The number of benzene rings is 7. The van der Waals surface area contributed by atoms with Crippen LogP contribution in [0.2, 0.25) is 19.6 Å². The van der Waals surface area contributed by atoms with E-state index in [0.717, 1.165) is 99.6 Å². The van der Waals surface area contributed by atoms with Gasteiger partial charge in [-0.25, -0.2) is 0 Å². The number of furan rings is 2. The summed E-state index contributed by atoms with van der Waals surface area (Å²) in [5.74, 6) is 0.507. The van der Waals surface area contributed by atoms with E-state index >= 15 is 0 Å². The van der Waals surface area contributed by atoms with Gasteiger partial charge >= 0.3 is 0 Å². The Morgan fingerprint density at radius 2 is 1.33 bits per heavy atom. The van der Waals surface area contributed by atoms with Crippen LogP contribution in [0.3, 0.4) is 0 Å². The number of imidazole rings is 1. The van der Waals surface area contributed by atoms with Crippen LogP contribution in [0, 0.1) is 12.1 Å². The number of pyridine rings is 1. The molecule has 0 bridgehead atoms. The molecule has 61 heavy (non-hydrogen) atoms. The number of nitrogens with zero attached hydrogens (tertiary/aromatic N) is 3. The zero-order valence-corrected chi connectivity index (χ0v) is 37.6. The maximum atomic E-state index is 9.04. The fourth-order valence-electron chi connectivity index (χ4n) is 8.13. The van der Waals surface area contributed by atoms with E-state index in [4.69, 9.17) is 16.6 Å². The topological polar surface area (TPSA) is 57.0 Å². The Bertz CT molecular complexity index is 3410. The first-order valence-corrected chi connectivity index (χ1v) is 23.8. The predicted octanol–water partition coefficient (Wildman–Crippen LogP) is 13.7. The SMILES string of the molecule is [2H]C([2H])(c1cc(-c2[c-]cccc2)ncc1[Si](C)(C)C)C(C)c1ccccc1.[Ir].[c-]1ccc2c(oc3ccccc32)c1-c1nc2ccccc2n1-c1cccc2c1oc1ccccc12. The molecule has 7 aromatic carbocycles. The van der Waals surface area contributed by atoms with Crippen molar-refractivity contribution in [3.8, 4) is 28.3 Å². The summed E-state index contributed by atoms with van der Waals surface area (Å²) in [6.45, 7) is 8.69. The summed E-state index contributed by atoms with van der Waals surface area (Å²) in [7, 11) is -1.77. The van der Waals surface area contributed by atoms with Gasteiger partial charge in [0.15, 0.2) is 5.58 Å². The number of hydrogen-bond acceptors (Lipinski definition) is 4. The second kappa shape index (κ2) is 16.6. The van der Waals surface area contributed by atoms with E-state index in [1.807, 2.05) is 134 Å². The van der Waals surface area contributed by atoms with Crippen molar-refractivity contribution < 1.29 is 31.7 Å². The molecule has 0 aliphatic carbocycles. The van der Waals surface area contributed by atoms with Crippen molar-refractivity contribution >= 4 is 68.2 Å². The van der Waals surface area contributed by atoms with Gasteiger partial charge in [-0.1, -0.05) is 140 Å². The van der Waals surface area contributed by atoms with Crippen LogP contribution in [0.25, 0.3) is 83.2 Å². The van der Waals surface area contributed by atoms with Crippen molar-refractivity contribution in [1.29, 1.82) is 0 Å². The molecule has 7 heteroatoms. The minimum Gasteiger partial charge on any atom is -0.501 e. The molecule has 0 amide bonds. The van der Waals surface area contributed by atoms with Crippen LogP contribution in [-0.4, -0.2) is 22.6 Å². The Hall–Kier alpha value is -6.37. The van der Waals surface area contributed by atoms with Crippen molar-refractivity contribution in [2.75, 3.05) is 0 Å².